The molecular formula is C36H58O11. The maximum Gasteiger partial charge on any atom is 0.314 e. The van der Waals surface area contributed by atoms with Crippen LogP contribution in [0.1, 0.15) is 86.0 Å². The fraction of sp³-hybridized carbons (Fsp3) is 0.917. The maximum atomic E-state index is 14.4. The molecular weight excluding hydrogens is 608 g/mol. The van der Waals surface area contributed by atoms with Crippen molar-refractivity contribution in [3.05, 3.63) is 12.2 Å². The van der Waals surface area contributed by atoms with Gasteiger partial charge in [-0.3, -0.25) is 4.79 Å². The summed E-state index contributed by atoms with van der Waals surface area (Å²) < 4.78 is 11.5. The first-order chi connectivity index (χ1) is 21.9. The van der Waals surface area contributed by atoms with E-state index < -0.39 is 83.8 Å². The molecule has 0 aromatic rings. The minimum Gasteiger partial charge on any atom is -0.432 e. The normalized spacial score (nSPS) is 57.3. The molecule has 5 saturated carbocycles. The van der Waals surface area contributed by atoms with Gasteiger partial charge in [-0.25, -0.2) is 0 Å². The molecule has 18 unspecified atom stereocenters. The molecule has 0 aromatic heterocycles. The van der Waals surface area contributed by atoms with Crippen LogP contribution < -0.4 is 0 Å². The minimum absolute atomic E-state index is 0.0447. The largest absolute Gasteiger partial charge is 0.432 e. The zero-order valence-corrected chi connectivity index (χ0v) is 28.6. The van der Waals surface area contributed by atoms with E-state index in [1.807, 2.05) is 6.92 Å². The first-order valence-corrected chi connectivity index (χ1v) is 17.7. The van der Waals surface area contributed by atoms with E-state index in [0.29, 0.717) is 32.1 Å². The Hall–Kier alpha value is -1.15. The van der Waals surface area contributed by atoms with Crippen LogP contribution in [0, 0.1) is 56.7 Å². The van der Waals surface area contributed by atoms with Gasteiger partial charge in [-0.1, -0.05) is 39.8 Å². The zero-order chi connectivity index (χ0) is 34.6. The molecule has 0 amide bonds. The van der Waals surface area contributed by atoms with Gasteiger partial charge in [0.1, 0.15) is 24.4 Å². The highest BCUT2D eigenvalue weighted by molar-refractivity contribution is 5.78. The average Bonchev–Trinajstić information content (AvgIpc) is 3.41. The van der Waals surface area contributed by atoms with Gasteiger partial charge in [0.25, 0.3) is 0 Å². The second kappa shape index (κ2) is 11.7. The number of rotatable bonds is 5. The van der Waals surface area contributed by atoms with Crippen LogP contribution >= 0.6 is 0 Å². The Labute approximate surface area is 278 Å². The molecule has 11 heteroatoms. The number of allylic oxidation sites excluding steroid dienone is 1. The van der Waals surface area contributed by atoms with Crippen molar-refractivity contribution >= 4 is 5.97 Å². The lowest BCUT2D eigenvalue weighted by atomic mass is 9.31. The Kier molecular flexibility index (Phi) is 8.88. The third kappa shape index (κ3) is 4.67. The van der Waals surface area contributed by atoms with Crippen LogP contribution in [0.15, 0.2) is 12.2 Å². The van der Waals surface area contributed by atoms with Gasteiger partial charge in [0.15, 0.2) is 0 Å². The first kappa shape index (κ1) is 35.7. The summed E-state index contributed by atoms with van der Waals surface area (Å²) in [4.78, 5) is 14.4. The van der Waals surface area contributed by atoms with E-state index >= 15 is 0 Å². The average molecular weight is 667 g/mol. The number of carbonyl (C=O) groups is 1. The van der Waals surface area contributed by atoms with Crippen LogP contribution in [-0.4, -0.2) is 109 Å². The second-order valence-corrected chi connectivity index (χ2v) is 17.5. The molecule has 1 saturated heterocycles. The lowest BCUT2D eigenvalue weighted by Crippen LogP contribution is -2.72. The van der Waals surface area contributed by atoms with Gasteiger partial charge >= 0.3 is 5.97 Å². The number of aliphatic hydroxyl groups excluding tert-OH is 8. The fourth-order valence-corrected chi connectivity index (χ4v) is 13.2. The zero-order valence-electron chi connectivity index (χ0n) is 28.6. The van der Waals surface area contributed by atoms with E-state index in [9.17, 15) is 45.6 Å². The highest BCUT2D eigenvalue weighted by Crippen LogP contribution is 2.77. The SMILES string of the molecule is C=C(C)C1CCC2(C(=O)OC3OC(CO)C(O)C(O)C3O)CCC3(C)C(CCC4C5(C)CC(O)C(O)C(C)(CO)C5C(O)CC43C)C12. The number of fused-ring (bicyclic) bond motifs is 7. The molecule has 6 rings (SSSR count). The van der Waals surface area contributed by atoms with Gasteiger partial charge in [-0.2, -0.15) is 0 Å². The summed E-state index contributed by atoms with van der Waals surface area (Å²) in [7, 11) is 0. The van der Waals surface area contributed by atoms with Crippen LogP contribution in [-0.2, 0) is 14.3 Å². The summed E-state index contributed by atoms with van der Waals surface area (Å²) in [5.74, 6) is -0.830. The Morgan fingerprint density at radius 2 is 1.53 bits per heavy atom. The van der Waals surface area contributed by atoms with E-state index in [-0.39, 0.29) is 41.1 Å². The van der Waals surface area contributed by atoms with Crippen LogP contribution in [0.25, 0.3) is 0 Å². The highest BCUT2D eigenvalue weighted by Gasteiger charge is 2.74. The molecule has 6 fully saturated rings. The molecule has 6 aliphatic rings. The number of aliphatic hydroxyl groups is 8. The maximum absolute atomic E-state index is 14.4. The van der Waals surface area contributed by atoms with Crippen molar-refractivity contribution in [2.45, 2.75) is 135 Å². The summed E-state index contributed by atoms with van der Waals surface area (Å²) in [6.07, 6.45) is -5.65. The third-order valence-corrected chi connectivity index (χ3v) is 15.5. The van der Waals surface area contributed by atoms with Crippen molar-refractivity contribution in [2.24, 2.45) is 56.7 Å². The van der Waals surface area contributed by atoms with Gasteiger partial charge in [-0.05, 0) is 98.2 Å². The van der Waals surface area contributed by atoms with Crippen LogP contribution in [0.3, 0.4) is 0 Å². The molecule has 1 aliphatic heterocycles. The minimum atomic E-state index is -1.68. The number of carbonyl (C=O) groups excluding carboxylic acids is 1. The number of esters is 1. The molecule has 18 atom stereocenters. The van der Waals surface area contributed by atoms with Crippen molar-refractivity contribution < 1.29 is 55.1 Å². The van der Waals surface area contributed by atoms with Crippen LogP contribution in [0.2, 0.25) is 0 Å². The molecule has 268 valence electrons. The van der Waals surface area contributed by atoms with E-state index in [1.165, 1.54) is 0 Å². The predicted octanol–water partition coefficient (Wildman–Crippen LogP) is 1.26. The molecule has 11 nitrogen and oxygen atoms in total. The van der Waals surface area contributed by atoms with Gasteiger partial charge in [0, 0.05) is 11.3 Å². The van der Waals surface area contributed by atoms with Crippen molar-refractivity contribution in [3.8, 4) is 0 Å². The molecule has 0 bridgehead atoms. The first-order valence-electron chi connectivity index (χ1n) is 17.7. The molecule has 8 N–H and O–H groups in total. The van der Waals surface area contributed by atoms with Gasteiger partial charge in [0.05, 0.1) is 36.9 Å². The monoisotopic (exact) mass is 666 g/mol. The Morgan fingerprint density at radius 3 is 2.15 bits per heavy atom. The van der Waals surface area contributed by atoms with E-state index in [4.69, 9.17) is 9.47 Å². The molecule has 5 aliphatic carbocycles. The molecule has 0 radical (unpaired) electrons. The lowest BCUT2D eigenvalue weighted by molar-refractivity contribution is -0.304. The Morgan fingerprint density at radius 1 is 0.851 bits per heavy atom. The van der Waals surface area contributed by atoms with Gasteiger partial charge < -0.3 is 50.3 Å². The fourth-order valence-electron chi connectivity index (χ4n) is 13.2. The summed E-state index contributed by atoms with van der Waals surface area (Å²) in [5, 5.41) is 85.8. The molecule has 47 heavy (non-hydrogen) atoms. The number of hydrogen-bond donors (Lipinski definition) is 8. The molecule has 1 heterocycles. The summed E-state index contributed by atoms with van der Waals surface area (Å²) >= 11 is 0. The quantitative estimate of drug-likeness (QED) is 0.155. The predicted molar refractivity (Wildman–Crippen MR) is 169 cm³/mol. The van der Waals surface area contributed by atoms with Gasteiger partial charge in [0.2, 0.25) is 6.29 Å². The smallest absolute Gasteiger partial charge is 0.314 e. The Bertz CT molecular complexity index is 1240. The summed E-state index contributed by atoms with van der Waals surface area (Å²) in [6.45, 7) is 13.9. The molecule has 0 spiro atoms. The number of hydrogen-bond acceptors (Lipinski definition) is 11. The van der Waals surface area contributed by atoms with E-state index in [0.717, 1.165) is 24.8 Å². The third-order valence-electron chi connectivity index (χ3n) is 15.5. The van der Waals surface area contributed by atoms with E-state index in [2.05, 4.69) is 27.4 Å². The van der Waals surface area contributed by atoms with E-state index in [1.54, 1.807) is 6.92 Å². The van der Waals surface area contributed by atoms with Crippen molar-refractivity contribution in [1.29, 1.82) is 0 Å². The highest BCUT2D eigenvalue weighted by atomic mass is 16.7. The van der Waals surface area contributed by atoms with Crippen LogP contribution in [0.4, 0.5) is 0 Å². The summed E-state index contributed by atoms with van der Waals surface area (Å²) in [6, 6.07) is 0. The van der Waals surface area contributed by atoms with Crippen molar-refractivity contribution in [2.75, 3.05) is 13.2 Å². The standard InChI is InChI=1S/C36H58O11/c1-17(2)18-9-10-36(31(45)47-30-27(43)26(42)25(41)22(15-37)46-30)12-11-34(5)19(24(18)36)7-8-23-32(3)13-21(40)29(44)33(4,16-38)28(32)20(39)14-35(23,34)6/h18-30,37-44H,1,7-16H2,2-6H3. The van der Waals surface area contributed by atoms with Gasteiger partial charge in [-0.15, -0.1) is 0 Å². The topological polar surface area (TPSA) is 197 Å². The van der Waals surface area contributed by atoms with Crippen LogP contribution in [0.5, 0.6) is 0 Å². The van der Waals surface area contributed by atoms with Crippen molar-refractivity contribution in [3.63, 3.8) is 0 Å². The molecule has 0 aromatic carbocycles. The Balaban J connectivity index is 1.36. The summed E-state index contributed by atoms with van der Waals surface area (Å²) in [5.41, 5.74) is -2.19. The second-order valence-electron chi connectivity index (χ2n) is 17.5. The van der Waals surface area contributed by atoms with Crippen molar-refractivity contribution in [1.82, 2.24) is 0 Å². The lowest BCUT2D eigenvalue weighted by Gasteiger charge is -2.73. The number of ether oxygens (including phenoxy) is 2.